The fourth-order valence-corrected chi connectivity index (χ4v) is 1.41. The van der Waals surface area contributed by atoms with Crippen molar-refractivity contribution in [3.63, 3.8) is 0 Å². The first-order chi connectivity index (χ1) is 14.9. The number of hydrogen-bond acceptors (Lipinski definition) is 7. The molecule has 2 saturated heterocycles. The zero-order chi connectivity index (χ0) is 24.1. The number of rotatable bonds is 1. The van der Waals surface area contributed by atoms with Crippen LogP contribution in [-0.4, -0.2) is 56.1 Å². The van der Waals surface area contributed by atoms with Crippen molar-refractivity contribution in [2.45, 2.75) is 12.8 Å². The Morgan fingerprint density at radius 1 is 1.09 bits per heavy atom. The average molecular weight is 867 g/mol. The van der Waals surface area contributed by atoms with Crippen molar-refractivity contribution in [1.29, 1.82) is 0 Å². The summed E-state index contributed by atoms with van der Waals surface area (Å²) in [7, 11) is 4.39. The molecule has 0 bridgehead atoms. The number of para-hydroxylation sites is 1. The van der Waals surface area contributed by atoms with Gasteiger partial charge in [0.05, 0.1) is 0 Å². The number of nitrogens with one attached hydrogen (secondary N) is 3. The minimum atomic E-state index is -0.448. The van der Waals surface area contributed by atoms with Crippen molar-refractivity contribution in [3.05, 3.63) is 58.3 Å². The molecule has 0 atom stereocenters. The molecular formula is C20H29I2N5O6Y2-4. The van der Waals surface area contributed by atoms with E-state index in [0.717, 1.165) is 4.90 Å². The quantitative estimate of drug-likeness (QED) is 0.130. The summed E-state index contributed by atoms with van der Waals surface area (Å²) in [4.78, 5) is 54.3. The molecule has 3 rings (SSSR count). The Labute approximate surface area is 281 Å². The number of likely N-dealkylation sites (tertiary alicyclic amines) is 1. The van der Waals surface area contributed by atoms with E-state index in [-0.39, 0.29) is 98.1 Å². The summed E-state index contributed by atoms with van der Waals surface area (Å²) < 4.78 is 4.81. The molecule has 15 heteroatoms. The number of carbonyl (C=O) groups excluding carboxylic acids is 5. The standard InChI is InChI=1S/C8H9NO2.C5H7N2O2.C3H4NO.C2H3NO.2CH3.I2.2Y/c1-9-8(10)11-7-5-3-2-4-6-7;1-6-5(9)7-3-2-4(7)8;5-3-1-2-4-3;1-3-2-4;;;1-2;;/h2-6H,1H3,(H,9,10);3H,2H2,1H3,(H,6,9);2H,1H2,(H,4,5);1H3;2*1H3;;;/q;2*-1;;2*-1;;;. The molecule has 0 aromatic heterocycles. The van der Waals surface area contributed by atoms with Gasteiger partial charge in [-0.05, 0) is 12.1 Å². The molecule has 1 aromatic carbocycles. The Morgan fingerprint density at radius 2 is 1.54 bits per heavy atom. The Morgan fingerprint density at radius 3 is 1.74 bits per heavy atom. The van der Waals surface area contributed by atoms with Crippen LogP contribution in [0.1, 0.15) is 12.8 Å². The van der Waals surface area contributed by atoms with Gasteiger partial charge in [0.1, 0.15) is 5.75 Å². The minimum Gasteiger partial charge on any atom is -0.507 e. The number of urea groups is 1. The number of aliphatic imine (C=N–C) groups is 1. The topological polar surface area (TPSA) is 146 Å². The number of ether oxygens (including phenoxy) is 1. The molecule has 3 N–H and O–H groups in total. The fraction of sp³-hybridized carbons (Fsp3) is 0.250. The van der Waals surface area contributed by atoms with Crippen molar-refractivity contribution in [2.75, 3.05) is 21.1 Å². The molecule has 2 radical (unpaired) electrons. The summed E-state index contributed by atoms with van der Waals surface area (Å²) in [6, 6.07) is 8.55. The molecule has 0 spiro atoms. The number of amides is 5. The zero-order valence-corrected chi connectivity index (χ0v) is 30.2. The summed E-state index contributed by atoms with van der Waals surface area (Å²) in [6.45, 7) is 3.27. The molecule has 0 saturated carbocycles. The third-order valence-corrected chi connectivity index (χ3v) is 2.95. The summed E-state index contributed by atoms with van der Waals surface area (Å²) in [5, 5.41) is 7.13. The number of benzene rings is 1. The monoisotopic (exact) mass is 867 g/mol. The van der Waals surface area contributed by atoms with Crippen LogP contribution in [0, 0.1) is 27.9 Å². The maximum atomic E-state index is 10.6. The first-order valence-corrected chi connectivity index (χ1v) is 14.7. The number of carbonyl (C=O) groups is 4. The van der Waals surface area contributed by atoms with Gasteiger partial charge in [0.25, 0.3) is 6.03 Å². The van der Waals surface area contributed by atoms with Gasteiger partial charge in [0.15, 0.2) is 11.8 Å². The van der Waals surface area contributed by atoms with Gasteiger partial charge in [0.2, 0.25) is 6.08 Å². The van der Waals surface area contributed by atoms with Gasteiger partial charge in [-0.25, -0.2) is 27.7 Å². The molecule has 0 unspecified atom stereocenters. The Balaban J connectivity index is -0.0000000796. The second-order valence-corrected chi connectivity index (χ2v) is 4.95. The molecule has 2 aliphatic heterocycles. The summed E-state index contributed by atoms with van der Waals surface area (Å²) in [6.07, 6.45) is 1.85. The largest absolute Gasteiger partial charge is 0.507 e. The van der Waals surface area contributed by atoms with Crippen molar-refractivity contribution in [1.82, 2.24) is 20.9 Å². The third-order valence-electron chi connectivity index (χ3n) is 2.95. The maximum absolute atomic E-state index is 10.6. The SMILES string of the molecule is CN=C=O.CNC(=O)N1[CH-]CC1=O.CNC(=O)Oc1ccccc1.II.O=C1C[CH-]N1.[CH3-].[CH3-].[Y].[Y]. The van der Waals surface area contributed by atoms with Crippen LogP contribution in [0.3, 0.4) is 0 Å². The molecule has 194 valence electrons. The van der Waals surface area contributed by atoms with Gasteiger partial charge in [-0.15, -0.1) is 0 Å². The molecule has 5 amide bonds. The predicted molar refractivity (Wildman–Crippen MR) is 144 cm³/mol. The van der Waals surface area contributed by atoms with Crippen LogP contribution in [0.15, 0.2) is 35.3 Å². The number of hydrogen-bond donors (Lipinski definition) is 3. The Bertz CT molecular complexity index is 736. The van der Waals surface area contributed by atoms with E-state index in [1.54, 1.807) is 37.4 Å². The minimum absolute atomic E-state index is 0. The van der Waals surface area contributed by atoms with Gasteiger partial charge < -0.3 is 40.4 Å². The van der Waals surface area contributed by atoms with Crippen molar-refractivity contribution >= 4 is 67.3 Å². The first-order valence-electron chi connectivity index (χ1n) is 8.42. The number of β-lactam (4-membered cyclic amide) rings is 2. The maximum Gasteiger partial charge on any atom is 0.412 e. The van der Waals surface area contributed by atoms with Crippen molar-refractivity contribution in [2.24, 2.45) is 4.99 Å². The van der Waals surface area contributed by atoms with E-state index >= 15 is 0 Å². The second-order valence-electron chi connectivity index (χ2n) is 4.95. The van der Waals surface area contributed by atoms with Crippen LogP contribution in [0.5, 0.6) is 5.75 Å². The van der Waals surface area contributed by atoms with Gasteiger partial charge >= 0.3 is 6.09 Å². The molecule has 11 nitrogen and oxygen atoms in total. The van der Waals surface area contributed by atoms with Crippen LogP contribution in [0.2, 0.25) is 0 Å². The van der Waals surface area contributed by atoms with Gasteiger partial charge in [-0.1, -0.05) is 31.0 Å². The van der Waals surface area contributed by atoms with Crippen LogP contribution in [0.4, 0.5) is 9.59 Å². The van der Waals surface area contributed by atoms with Gasteiger partial charge in [-0.2, -0.15) is 0 Å². The van der Waals surface area contributed by atoms with Gasteiger partial charge in [-0.3, -0.25) is 14.4 Å². The Kier molecular flexibility index (Phi) is 46.6. The zero-order valence-electron chi connectivity index (χ0n) is 20.2. The van der Waals surface area contributed by atoms with E-state index in [9.17, 15) is 19.2 Å². The van der Waals surface area contributed by atoms with E-state index in [1.807, 2.05) is 6.07 Å². The summed E-state index contributed by atoms with van der Waals surface area (Å²) in [5.74, 6) is 0.534. The number of nitrogens with zero attached hydrogens (tertiary/aromatic N) is 2. The average Bonchev–Trinajstić information content (AvgIpc) is 2.79. The normalized spacial score (nSPS) is 10.7. The van der Waals surface area contributed by atoms with E-state index < -0.39 is 6.09 Å². The number of imide groups is 1. The van der Waals surface area contributed by atoms with Crippen molar-refractivity contribution < 1.29 is 94.1 Å². The summed E-state index contributed by atoms with van der Waals surface area (Å²) in [5.41, 5.74) is 0. The first kappa shape index (κ1) is 48.1. The molecule has 2 heterocycles. The number of halogens is 2. The molecule has 0 aliphatic carbocycles. The van der Waals surface area contributed by atoms with Gasteiger partial charge in [0, 0.05) is 124 Å². The Hall–Kier alpha value is -0.0522. The predicted octanol–water partition coefficient (Wildman–Crippen LogP) is 3.41. The van der Waals surface area contributed by atoms with E-state index in [1.165, 1.54) is 27.2 Å². The van der Waals surface area contributed by atoms with Crippen LogP contribution < -0.4 is 20.7 Å². The molecule has 1 aromatic rings. The molecule has 2 aliphatic rings. The van der Waals surface area contributed by atoms with Crippen LogP contribution >= 0.6 is 37.2 Å². The smallest absolute Gasteiger partial charge is 0.412 e. The summed E-state index contributed by atoms with van der Waals surface area (Å²) >= 11 is 4.24. The van der Waals surface area contributed by atoms with Crippen LogP contribution in [0.25, 0.3) is 0 Å². The molecule has 2 fully saturated rings. The van der Waals surface area contributed by atoms with E-state index in [0.29, 0.717) is 18.6 Å². The number of isocyanates is 1. The molecule has 35 heavy (non-hydrogen) atoms. The van der Waals surface area contributed by atoms with E-state index in [2.05, 4.69) is 58.2 Å². The fourth-order valence-electron chi connectivity index (χ4n) is 1.41. The van der Waals surface area contributed by atoms with Crippen LogP contribution in [-0.2, 0) is 79.8 Å². The molecular weight excluding hydrogens is 838 g/mol. The van der Waals surface area contributed by atoms with Crippen molar-refractivity contribution in [3.8, 4) is 5.75 Å². The second kappa shape index (κ2) is 33.9. The third kappa shape index (κ3) is 26.8. The van der Waals surface area contributed by atoms with E-state index in [4.69, 9.17) is 9.53 Å².